The summed E-state index contributed by atoms with van der Waals surface area (Å²) in [6.45, 7) is 1.31. The van der Waals surface area contributed by atoms with Gasteiger partial charge in [-0.25, -0.2) is 4.98 Å². The topological polar surface area (TPSA) is 71.1 Å². The molecule has 0 fully saturated rings. The van der Waals surface area contributed by atoms with Crippen LogP contribution in [0.4, 0.5) is 0 Å². The number of carbonyl (C=O) groups excluding carboxylic acids is 2. The Balaban J connectivity index is 2.12. The summed E-state index contributed by atoms with van der Waals surface area (Å²) in [5.41, 5.74) is 5.60. The van der Waals surface area contributed by atoms with Crippen molar-refractivity contribution in [3.63, 3.8) is 0 Å². The molecule has 0 atom stereocenters. The van der Waals surface area contributed by atoms with Crippen LogP contribution in [0.1, 0.15) is 17.4 Å². The van der Waals surface area contributed by atoms with Crippen LogP contribution in [-0.2, 0) is 4.79 Å². The number of nitrogens with one attached hydrogen (secondary N) is 2. The van der Waals surface area contributed by atoms with E-state index in [1.807, 2.05) is 12.1 Å². The van der Waals surface area contributed by atoms with E-state index in [9.17, 15) is 9.59 Å². The number of hydrogen-bond donors (Lipinski definition) is 2. The summed E-state index contributed by atoms with van der Waals surface area (Å²) in [5.74, 6) is -0.798. The first-order valence-corrected chi connectivity index (χ1v) is 6.60. The van der Waals surface area contributed by atoms with Crippen LogP contribution in [0, 0.1) is 0 Å². The van der Waals surface area contributed by atoms with Crippen LogP contribution in [-0.4, -0.2) is 16.8 Å². The van der Waals surface area contributed by atoms with Crippen LogP contribution in [0.15, 0.2) is 29.6 Å². The molecule has 19 heavy (non-hydrogen) atoms. The van der Waals surface area contributed by atoms with E-state index in [1.54, 1.807) is 17.5 Å². The highest BCUT2D eigenvalue weighted by molar-refractivity contribution is 7.13. The molecule has 2 amide bonds. The van der Waals surface area contributed by atoms with Crippen molar-refractivity contribution >= 4 is 34.8 Å². The van der Waals surface area contributed by atoms with Crippen molar-refractivity contribution in [2.24, 2.45) is 0 Å². The molecule has 0 radical (unpaired) electrons. The van der Waals surface area contributed by atoms with Crippen molar-refractivity contribution in [2.45, 2.75) is 6.92 Å². The summed E-state index contributed by atoms with van der Waals surface area (Å²) in [7, 11) is 0. The number of hydrazine groups is 1. The molecular formula is C12H10ClN3O2S. The van der Waals surface area contributed by atoms with Gasteiger partial charge in [-0.2, -0.15) is 0 Å². The zero-order chi connectivity index (χ0) is 13.8. The summed E-state index contributed by atoms with van der Waals surface area (Å²) in [4.78, 5) is 26.5. The lowest BCUT2D eigenvalue weighted by atomic mass is 10.2. The normalized spacial score (nSPS) is 10.0. The average Bonchev–Trinajstić information content (AvgIpc) is 2.86. The van der Waals surface area contributed by atoms with Gasteiger partial charge in [-0.3, -0.25) is 20.4 Å². The molecule has 2 aromatic rings. The SMILES string of the molecule is CC(=O)NNC(=O)c1csc(-c2ccc(Cl)cc2)n1. The monoisotopic (exact) mass is 295 g/mol. The number of thiazole rings is 1. The molecule has 0 aliphatic heterocycles. The molecule has 5 nitrogen and oxygen atoms in total. The van der Waals surface area contributed by atoms with E-state index < -0.39 is 5.91 Å². The number of halogens is 1. The van der Waals surface area contributed by atoms with Gasteiger partial charge in [0.15, 0.2) is 0 Å². The van der Waals surface area contributed by atoms with Gasteiger partial charge in [-0.15, -0.1) is 11.3 Å². The highest BCUT2D eigenvalue weighted by Crippen LogP contribution is 2.24. The van der Waals surface area contributed by atoms with Gasteiger partial charge < -0.3 is 0 Å². The van der Waals surface area contributed by atoms with Crippen molar-refractivity contribution < 1.29 is 9.59 Å². The minimum Gasteiger partial charge on any atom is -0.274 e. The standard InChI is InChI=1S/C12H10ClN3O2S/c1-7(17)15-16-11(18)10-6-19-12(14-10)8-2-4-9(13)5-3-8/h2-6H,1H3,(H,15,17)(H,16,18). The van der Waals surface area contributed by atoms with Gasteiger partial charge in [0.2, 0.25) is 5.91 Å². The fourth-order valence-electron chi connectivity index (χ4n) is 1.31. The van der Waals surface area contributed by atoms with Gasteiger partial charge in [0.05, 0.1) is 0 Å². The second-order valence-electron chi connectivity index (χ2n) is 3.68. The Kier molecular flexibility index (Phi) is 4.13. The second-order valence-corrected chi connectivity index (χ2v) is 4.97. The quantitative estimate of drug-likeness (QED) is 0.835. The maximum Gasteiger partial charge on any atom is 0.289 e. The highest BCUT2D eigenvalue weighted by Gasteiger charge is 2.11. The number of nitrogens with zero attached hydrogens (tertiary/aromatic N) is 1. The number of aromatic nitrogens is 1. The molecule has 7 heteroatoms. The zero-order valence-electron chi connectivity index (χ0n) is 9.94. The lowest BCUT2D eigenvalue weighted by Crippen LogP contribution is -2.40. The van der Waals surface area contributed by atoms with E-state index in [2.05, 4.69) is 15.8 Å². The number of benzene rings is 1. The first-order chi connectivity index (χ1) is 9.06. The Labute approximate surface area is 118 Å². The molecule has 0 saturated carbocycles. The van der Waals surface area contributed by atoms with Gasteiger partial charge in [-0.1, -0.05) is 23.7 Å². The lowest BCUT2D eigenvalue weighted by molar-refractivity contribution is -0.119. The third-order valence-corrected chi connectivity index (χ3v) is 3.32. The van der Waals surface area contributed by atoms with Crippen molar-refractivity contribution in [3.05, 3.63) is 40.4 Å². The summed E-state index contributed by atoms with van der Waals surface area (Å²) < 4.78 is 0. The largest absolute Gasteiger partial charge is 0.289 e. The first-order valence-electron chi connectivity index (χ1n) is 5.34. The van der Waals surface area contributed by atoms with Crippen LogP contribution >= 0.6 is 22.9 Å². The van der Waals surface area contributed by atoms with Gasteiger partial charge in [0.25, 0.3) is 5.91 Å². The molecule has 0 aliphatic carbocycles. The number of amides is 2. The average molecular weight is 296 g/mol. The molecule has 0 bridgehead atoms. The fraction of sp³-hybridized carbons (Fsp3) is 0.0833. The predicted octanol–water partition coefficient (Wildman–Crippen LogP) is 2.24. The highest BCUT2D eigenvalue weighted by atomic mass is 35.5. The van der Waals surface area contributed by atoms with E-state index in [0.29, 0.717) is 10.0 Å². The molecule has 0 aliphatic rings. The Bertz CT molecular complexity index is 610. The van der Waals surface area contributed by atoms with Crippen molar-refractivity contribution in [2.75, 3.05) is 0 Å². The van der Waals surface area contributed by atoms with Gasteiger partial charge in [0, 0.05) is 22.9 Å². The Hall–Kier alpha value is -1.92. The number of hydrogen-bond acceptors (Lipinski definition) is 4. The van der Waals surface area contributed by atoms with Crippen molar-refractivity contribution in [3.8, 4) is 10.6 Å². The predicted molar refractivity (Wildman–Crippen MR) is 73.8 cm³/mol. The molecule has 98 valence electrons. The fourth-order valence-corrected chi connectivity index (χ4v) is 2.24. The molecular weight excluding hydrogens is 286 g/mol. The third-order valence-electron chi connectivity index (χ3n) is 2.18. The molecule has 0 unspecified atom stereocenters. The van der Waals surface area contributed by atoms with E-state index in [1.165, 1.54) is 18.3 Å². The number of rotatable bonds is 2. The lowest BCUT2D eigenvalue weighted by Gasteiger charge is -2.01. The van der Waals surface area contributed by atoms with Crippen molar-refractivity contribution in [1.29, 1.82) is 0 Å². The summed E-state index contributed by atoms with van der Waals surface area (Å²) >= 11 is 7.15. The molecule has 1 aromatic heterocycles. The van der Waals surface area contributed by atoms with E-state index >= 15 is 0 Å². The maximum atomic E-state index is 11.6. The van der Waals surface area contributed by atoms with E-state index in [4.69, 9.17) is 11.6 Å². The molecule has 0 spiro atoms. The smallest absolute Gasteiger partial charge is 0.274 e. The van der Waals surface area contributed by atoms with Gasteiger partial charge >= 0.3 is 0 Å². The van der Waals surface area contributed by atoms with Crippen molar-refractivity contribution in [1.82, 2.24) is 15.8 Å². The van der Waals surface area contributed by atoms with Gasteiger partial charge in [0.1, 0.15) is 10.7 Å². The zero-order valence-corrected chi connectivity index (χ0v) is 11.5. The summed E-state index contributed by atoms with van der Waals surface area (Å²) in [5, 5.41) is 2.98. The minimum absolute atomic E-state index is 0.253. The summed E-state index contributed by atoms with van der Waals surface area (Å²) in [6.07, 6.45) is 0. The first kappa shape index (κ1) is 13.5. The molecule has 0 saturated heterocycles. The second kappa shape index (κ2) is 5.81. The summed E-state index contributed by atoms with van der Waals surface area (Å²) in [6, 6.07) is 7.18. The van der Waals surface area contributed by atoms with Gasteiger partial charge in [-0.05, 0) is 12.1 Å². The van der Waals surface area contributed by atoms with Crippen LogP contribution in [0.5, 0.6) is 0 Å². The Morgan fingerprint density at radius 1 is 1.21 bits per heavy atom. The minimum atomic E-state index is -0.452. The molecule has 2 N–H and O–H groups in total. The molecule has 1 heterocycles. The van der Waals surface area contributed by atoms with E-state index in [0.717, 1.165) is 5.56 Å². The molecule has 1 aromatic carbocycles. The Morgan fingerprint density at radius 2 is 1.89 bits per heavy atom. The van der Waals surface area contributed by atoms with Crippen LogP contribution in [0.3, 0.4) is 0 Å². The number of carbonyl (C=O) groups is 2. The third kappa shape index (κ3) is 3.52. The van der Waals surface area contributed by atoms with Crippen LogP contribution in [0.2, 0.25) is 5.02 Å². The molecule has 2 rings (SSSR count). The Morgan fingerprint density at radius 3 is 2.53 bits per heavy atom. The maximum absolute atomic E-state index is 11.6. The van der Waals surface area contributed by atoms with Crippen LogP contribution in [0.25, 0.3) is 10.6 Å². The van der Waals surface area contributed by atoms with Crippen LogP contribution < -0.4 is 10.9 Å². The van der Waals surface area contributed by atoms with E-state index in [-0.39, 0.29) is 11.6 Å².